The Morgan fingerprint density at radius 1 is 0.957 bits per heavy atom. The molecular weight excluding hydrogens is 581 g/mol. The molecule has 0 unspecified atom stereocenters. The van der Waals surface area contributed by atoms with Crippen LogP contribution in [0, 0.1) is 11.7 Å². The lowest BCUT2D eigenvalue weighted by molar-refractivity contribution is -0.133. The summed E-state index contributed by atoms with van der Waals surface area (Å²) in [7, 11) is 2.14. The van der Waals surface area contributed by atoms with Crippen LogP contribution in [0.2, 0.25) is 0 Å². The van der Waals surface area contributed by atoms with Crippen molar-refractivity contribution in [3.63, 3.8) is 0 Å². The van der Waals surface area contributed by atoms with Gasteiger partial charge in [0.05, 0.1) is 53.6 Å². The number of halogens is 1. The van der Waals surface area contributed by atoms with Crippen molar-refractivity contribution < 1.29 is 13.9 Å². The van der Waals surface area contributed by atoms with Gasteiger partial charge in [0.1, 0.15) is 24.0 Å². The van der Waals surface area contributed by atoms with Crippen molar-refractivity contribution in [2.24, 2.45) is 5.92 Å². The number of nitrogens with one attached hydrogen (secondary N) is 2. The van der Waals surface area contributed by atoms with E-state index in [1.165, 1.54) is 6.42 Å². The maximum atomic E-state index is 16.4. The van der Waals surface area contributed by atoms with Gasteiger partial charge < -0.3 is 24.2 Å². The molecule has 5 aromatic rings. The van der Waals surface area contributed by atoms with Crippen molar-refractivity contribution in [2.75, 3.05) is 26.7 Å². The molecular formula is C36H40FN7O2. The summed E-state index contributed by atoms with van der Waals surface area (Å²) >= 11 is 0. The van der Waals surface area contributed by atoms with Crippen LogP contribution in [0.1, 0.15) is 69.7 Å². The van der Waals surface area contributed by atoms with Crippen molar-refractivity contribution in [2.45, 2.75) is 64.6 Å². The first-order valence-corrected chi connectivity index (χ1v) is 16.5. The third-order valence-electron chi connectivity index (χ3n) is 9.93. The minimum Gasteiger partial charge on any atom is -0.491 e. The Hall–Kier alpha value is -4.44. The van der Waals surface area contributed by atoms with Crippen LogP contribution in [0.4, 0.5) is 4.39 Å². The molecule has 8 rings (SSSR count). The first-order valence-electron chi connectivity index (χ1n) is 16.5. The first kappa shape index (κ1) is 29.0. The van der Waals surface area contributed by atoms with Crippen LogP contribution in [-0.4, -0.2) is 67.0 Å². The molecule has 3 aliphatic rings. The van der Waals surface area contributed by atoms with E-state index in [2.05, 4.69) is 45.7 Å². The standard InChI is InChI=1S/C36H40FN7O2/c1-21(2)16-32(45)43-13-5-7-30(43)36-39-19-26(41-36)22-9-11-28-25(17-22)33(37)34-24-10-8-23(18-31(24)46-15-14-44(28)34)27-20-38-35(40-27)29-6-4-12-42(29)3/h8-11,17-21,29-30H,4-7,12-16H2,1-3H3,(H,38,40)(H,39,41)/t29-,30+/m1/s1. The molecule has 0 spiro atoms. The molecule has 10 heteroatoms. The van der Waals surface area contributed by atoms with Gasteiger partial charge in [-0.3, -0.25) is 9.69 Å². The molecule has 3 aromatic heterocycles. The summed E-state index contributed by atoms with van der Waals surface area (Å²) in [6, 6.07) is 12.1. The highest BCUT2D eigenvalue weighted by Gasteiger charge is 2.32. The molecule has 2 atom stereocenters. The zero-order chi connectivity index (χ0) is 31.5. The Balaban J connectivity index is 1.10. The van der Waals surface area contributed by atoms with Gasteiger partial charge in [-0.15, -0.1) is 0 Å². The molecule has 238 valence electrons. The van der Waals surface area contributed by atoms with Crippen LogP contribution in [0.5, 0.6) is 5.75 Å². The number of likely N-dealkylation sites (tertiary alicyclic amines) is 2. The minimum absolute atomic E-state index is 0.0511. The molecule has 0 saturated carbocycles. The van der Waals surface area contributed by atoms with E-state index in [0.717, 1.165) is 77.6 Å². The number of benzene rings is 2. The second-order valence-corrected chi connectivity index (χ2v) is 13.5. The molecule has 6 heterocycles. The first-order chi connectivity index (χ1) is 22.4. The quantitative estimate of drug-likeness (QED) is 0.211. The van der Waals surface area contributed by atoms with Gasteiger partial charge in [0.15, 0.2) is 5.82 Å². The summed E-state index contributed by atoms with van der Waals surface area (Å²) in [6.45, 7) is 6.95. The van der Waals surface area contributed by atoms with Gasteiger partial charge in [0, 0.05) is 35.0 Å². The number of hydrogen-bond donors (Lipinski definition) is 2. The monoisotopic (exact) mass is 621 g/mol. The fraction of sp³-hybridized carbons (Fsp3) is 0.417. The van der Waals surface area contributed by atoms with E-state index in [9.17, 15) is 4.79 Å². The van der Waals surface area contributed by atoms with Gasteiger partial charge in [-0.1, -0.05) is 26.0 Å². The largest absolute Gasteiger partial charge is 0.491 e. The van der Waals surface area contributed by atoms with Gasteiger partial charge >= 0.3 is 0 Å². The van der Waals surface area contributed by atoms with E-state index >= 15 is 4.39 Å². The number of fused-ring (bicyclic) bond motifs is 5. The maximum Gasteiger partial charge on any atom is 0.223 e. The summed E-state index contributed by atoms with van der Waals surface area (Å²) < 4.78 is 24.7. The summed E-state index contributed by atoms with van der Waals surface area (Å²) in [6.07, 6.45) is 8.35. The van der Waals surface area contributed by atoms with Gasteiger partial charge in [-0.25, -0.2) is 14.4 Å². The fourth-order valence-electron chi connectivity index (χ4n) is 7.61. The van der Waals surface area contributed by atoms with E-state index in [0.29, 0.717) is 48.4 Å². The molecule has 1 amide bonds. The molecule has 0 bridgehead atoms. The highest BCUT2D eigenvalue weighted by molar-refractivity contribution is 5.92. The number of imidazole rings is 2. The average Bonchev–Trinajstić information content (AvgIpc) is 3.87. The molecule has 2 aromatic carbocycles. The molecule has 9 nitrogen and oxygen atoms in total. The van der Waals surface area contributed by atoms with Crippen molar-refractivity contribution in [3.8, 4) is 39.5 Å². The van der Waals surface area contributed by atoms with Crippen LogP contribution < -0.4 is 4.74 Å². The van der Waals surface area contributed by atoms with Crippen molar-refractivity contribution in [1.82, 2.24) is 34.3 Å². The van der Waals surface area contributed by atoms with Crippen LogP contribution in [-0.2, 0) is 11.3 Å². The third-order valence-corrected chi connectivity index (χ3v) is 9.93. The topological polar surface area (TPSA) is 95.1 Å². The number of aromatic nitrogens is 5. The van der Waals surface area contributed by atoms with E-state index in [1.54, 1.807) is 6.20 Å². The number of nitrogens with zero attached hydrogens (tertiary/aromatic N) is 5. The summed E-state index contributed by atoms with van der Waals surface area (Å²) in [5.41, 5.74) is 5.68. The molecule has 3 aliphatic heterocycles. The van der Waals surface area contributed by atoms with Crippen LogP contribution in [0.25, 0.3) is 44.7 Å². The number of ether oxygens (including phenoxy) is 1. The minimum atomic E-state index is -0.259. The molecule has 2 fully saturated rings. The van der Waals surface area contributed by atoms with E-state index < -0.39 is 0 Å². The lowest BCUT2D eigenvalue weighted by Crippen LogP contribution is -2.31. The Morgan fingerprint density at radius 2 is 1.65 bits per heavy atom. The van der Waals surface area contributed by atoms with Crippen molar-refractivity contribution in [3.05, 3.63) is 66.3 Å². The number of amides is 1. The molecule has 0 radical (unpaired) electrons. The van der Waals surface area contributed by atoms with Crippen molar-refractivity contribution >= 4 is 16.8 Å². The molecule has 0 aliphatic carbocycles. The van der Waals surface area contributed by atoms with Crippen molar-refractivity contribution in [1.29, 1.82) is 0 Å². The smallest absolute Gasteiger partial charge is 0.223 e. The van der Waals surface area contributed by atoms with Gasteiger partial charge in [-0.05, 0) is 69.5 Å². The Labute approximate surface area is 267 Å². The molecule has 2 N–H and O–H groups in total. The zero-order valence-electron chi connectivity index (χ0n) is 26.6. The number of carbonyl (C=O) groups is 1. The number of rotatable bonds is 6. The van der Waals surface area contributed by atoms with Crippen LogP contribution in [0.15, 0.2) is 48.8 Å². The summed E-state index contributed by atoms with van der Waals surface area (Å²) in [4.78, 5) is 33.5. The highest BCUT2D eigenvalue weighted by atomic mass is 19.1. The van der Waals surface area contributed by atoms with Gasteiger partial charge in [0.25, 0.3) is 0 Å². The van der Waals surface area contributed by atoms with Crippen LogP contribution in [0.3, 0.4) is 0 Å². The zero-order valence-corrected chi connectivity index (χ0v) is 26.6. The van der Waals surface area contributed by atoms with Gasteiger partial charge in [-0.2, -0.15) is 0 Å². The molecule has 46 heavy (non-hydrogen) atoms. The summed E-state index contributed by atoms with van der Waals surface area (Å²) in [5, 5.41) is 0.564. The number of hydrogen-bond acceptors (Lipinski definition) is 5. The highest BCUT2D eigenvalue weighted by Crippen LogP contribution is 2.42. The predicted molar refractivity (Wildman–Crippen MR) is 176 cm³/mol. The average molecular weight is 622 g/mol. The van der Waals surface area contributed by atoms with E-state index in [4.69, 9.17) is 4.74 Å². The third kappa shape index (κ3) is 4.90. The summed E-state index contributed by atoms with van der Waals surface area (Å²) in [5.74, 6) is 2.67. The predicted octanol–water partition coefficient (Wildman–Crippen LogP) is 7.10. The lowest BCUT2D eigenvalue weighted by Gasteiger charge is -2.24. The SMILES string of the molecule is CC(C)CC(=O)N1CCC[C@H]1c1ncc(-c2ccc3c(c2)c(F)c2n3CCOc3cc(-c4cnc([C@H]5CCCN5C)[nH]4)ccc3-2)[nH]1. The fourth-order valence-corrected chi connectivity index (χ4v) is 7.61. The van der Waals surface area contributed by atoms with Crippen LogP contribution >= 0.6 is 0 Å². The van der Waals surface area contributed by atoms with E-state index in [1.807, 2.05) is 52.1 Å². The van der Waals surface area contributed by atoms with Gasteiger partial charge in [0.2, 0.25) is 5.91 Å². The second kappa shape index (κ2) is 11.4. The Morgan fingerprint density at radius 3 is 2.39 bits per heavy atom. The Bertz CT molecular complexity index is 1940. The second-order valence-electron chi connectivity index (χ2n) is 13.5. The number of carbonyl (C=O) groups excluding carboxylic acids is 1. The molecule has 2 saturated heterocycles. The Kier molecular flexibility index (Phi) is 7.20. The van der Waals surface area contributed by atoms with E-state index in [-0.39, 0.29) is 17.8 Å². The lowest BCUT2D eigenvalue weighted by atomic mass is 10.0. The number of H-pyrrole nitrogens is 2. The maximum absolute atomic E-state index is 16.4. The normalized spacial score (nSPS) is 19.9. The number of aromatic amines is 2.